The molecule has 0 aromatic rings. The van der Waals surface area contributed by atoms with Crippen LogP contribution in [0.5, 0.6) is 0 Å². The molecule has 0 N–H and O–H groups in total. The van der Waals surface area contributed by atoms with Crippen LogP contribution in [0.15, 0.2) is 0 Å². The van der Waals surface area contributed by atoms with E-state index in [2.05, 4.69) is 18.7 Å². The van der Waals surface area contributed by atoms with Gasteiger partial charge in [0, 0.05) is 6.54 Å². The van der Waals surface area contributed by atoms with Crippen molar-refractivity contribution < 1.29 is 0 Å². The summed E-state index contributed by atoms with van der Waals surface area (Å²) < 4.78 is 0. The topological polar surface area (TPSA) is 3.24 Å². The van der Waals surface area contributed by atoms with E-state index in [9.17, 15) is 0 Å². The first-order valence-electron chi connectivity index (χ1n) is 5.59. The summed E-state index contributed by atoms with van der Waals surface area (Å²) >= 11 is 0. The quantitative estimate of drug-likeness (QED) is 0.630. The molecule has 0 spiro atoms. The van der Waals surface area contributed by atoms with Gasteiger partial charge in [-0.15, -0.1) is 0 Å². The van der Waals surface area contributed by atoms with Crippen molar-refractivity contribution in [3.05, 3.63) is 0 Å². The van der Waals surface area contributed by atoms with Crippen LogP contribution in [0.3, 0.4) is 0 Å². The van der Waals surface area contributed by atoms with Crippen molar-refractivity contribution in [3.8, 4) is 0 Å². The summed E-state index contributed by atoms with van der Waals surface area (Å²) in [4.78, 5) is 2.56. The Labute approximate surface area is 78.1 Å². The Morgan fingerprint density at radius 1 is 1.25 bits per heavy atom. The van der Waals surface area contributed by atoms with Gasteiger partial charge in [-0.3, -0.25) is 0 Å². The summed E-state index contributed by atoms with van der Waals surface area (Å²) in [7, 11) is 0. The first-order chi connectivity index (χ1) is 5.86. The van der Waals surface area contributed by atoms with Gasteiger partial charge in [0.05, 0.1) is 0 Å². The standard InChI is InChI=1S/C9H19N.C2H6/c1-3-5-9-6-7-10(4-2)8-9;1-2/h9H,3-8H2,1-2H3;1-2H3. The molecule has 0 bridgehead atoms. The molecule has 1 heteroatoms. The van der Waals surface area contributed by atoms with Crippen molar-refractivity contribution in [1.82, 2.24) is 4.90 Å². The van der Waals surface area contributed by atoms with Crippen LogP contribution < -0.4 is 0 Å². The Kier molecular flexibility index (Phi) is 7.58. The van der Waals surface area contributed by atoms with Gasteiger partial charge in [0.2, 0.25) is 0 Å². The summed E-state index contributed by atoms with van der Waals surface area (Å²) in [6.45, 7) is 12.5. The Hall–Kier alpha value is -0.0400. The van der Waals surface area contributed by atoms with Crippen LogP contribution >= 0.6 is 0 Å². The number of hydrogen-bond acceptors (Lipinski definition) is 1. The van der Waals surface area contributed by atoms with Gasteiger partial charge in [-0.1, -0.05) is 34.1 Å². The minimum Gasteiger partial charge on any atom is -0.303 e. The molecule has 1 aliphatic heterocycles. The smallest absolute Gasteiger partial charge is 0.00100 e. The molecule has 1 saturated heterocycles. The van der Waals surface area contributed by atoms with Crippen LogP contribution in [0.1, 0.15) is 47.0 Å². The Morgan fingerprint density at radius 2 is 1.92 bits per heavy atom. The second kappa shape index (κ2) is 7.60. The summed E-state index contributed by atoms with van der Waals surface area (Å²) in [5, 5.41) is 0. The van der Waals surface area contributed by atoms with Crippen LogP contribution in [0.2, 0.25) is 0 Å². The van der Waals surface area contributed by atoms with Crippen LogP contribution in [0, 0.1) is 5.92 Å². The summed E-state index contributed by atoms with van der Waals surface area (Å²) in [5.74, 6) is 1.02. The van der Waals surface area contributed by atoms with E-state index in [4.69, 9.17) is 0 Å². The average Bonchev–Trinajstić information content (AvgIpc) is 2.57. The monoisotopic (exact) mass is 171 g/mol. The molecule has 0 aromatic carbocycles. The molecule has 1 heterocycles. The van der Waals surface area contributed by atoms with E-state index < -0.39 is 0 Å². The van der Waals surface area contributed by atoms with E-state index >= 15 is 0 Å². The minimum absolute atomic E-state index is 1.02. The predicted molar refractivity (Wildman–Crippen MR) is 56.5 cm³/mol. The van der Waals surface area contributed by atoms with Crippen molar-refractivity contribution in [2.75, 3.05) is 19.6 Å². The van der Waals surface area contributed by atoms with Crippen molar-refractivity contribution >= 4 is 0 Å². The second-order valence-corrected chi connectivity index (χ2v) is 3.34. The number of nitrogens with zero attached hydrogens (tertiary/aromatic N) is 1. The van der Waals surface area contributed by atoms with E-state index in [1.54, 1.807) is 0 Å². The maximum Gasteiger partial charge on any atom is 0.00100 e. The molecule has 1 unspecified atom stereocenters. The Balaban J connectivity index is 0.000000561. The van der Waals surface area contributed by atoms with E-state index in [0.29, 0.717) is 0 Å². The zero-order valence-corrected chi connectivity index (χ0v) is 9.27. The van der Waals surface area contributed by atoms with Crippen molar-refractivity contribution in [2.24, 2.45) is 5.92 Å². The van der Waals surface area contributed by atoms with Crippen molar-refractivity contribution in [3.63, 3.8) is 0 Å². The molecule has 12 heavy (non-hydrogen) atoms. The van der Waals surface area contributed by atoms with Gasteiger partial charge in [0.1, 0.15) is 0 Å². The van der Waals surface area contributed by atoms with Gasteiger partial charge >= 0.3 is 0 Å². The van der Waals surface area contributed by atoms with Crippen molar-refractivity contribution in [1.29, 1.82) is 0 Å². The van der Waals surface area contributed by atoms with Gasteiger partial charge in [-0.2, -0.15) is 0 Å². The third kappa shape index (κ3) is 4.10. The number of likely N-dealkylation sites (tertiary alicyclic amines) is 1. The van der Waals surface area contributed by atoms with Crippen molar-refractivity contribution in [2.45, 2.75) is 47.0 Å². The normalized spacial score (nSPS) is 23.5. The highest BCUT2D eigenvalue weighted by atomic mass is 15.1. The first-order valence-corrected chi connectivity index (χ1v) is 5.59. The molecule has 1 rings (SSSR count). The zero-order chi connectivity index (χ0) is 9.40. The molecule has 1 atom stereocenters. The lowest BCUT2D eigenvalue weighted by molar-refractivity contribution is 0.337. The van der Waals surface area contributed by atoms with E-state index in [-0.39, 0.29) is 0 Å². The van der Waals surface area contributed by atoms with E-state index in [0.717, 1.165) is 5.92 Å². The molecule has 0 aromatic heterocycles. The van der Waals surface area contributed by atoms with E-state index in [1.165, 1.54) is 38.9 Å². The summed E-state index contributed by atoms with van der Waals surface area (Å²) in [6.07, 6.45) is 4.25. The Bertz CT molecular complexity index is 91.0. The molecule has 74 valence electrons. The van der Waals surface area contributed by atoms with Gasteiger partial charge < -0.3 is 4.90 Å². The molecule has 0 aliphatic carbocycles. The van der Waals surface area contributed by atoms with Crippen LogP contribution in [-0.4, -0.2) is 24.5 Å². The molecule has 1 nitrogen and oxygen atoms in total. The van der Waals surface area contributed by atoms with Gasteiger partial charge in [-0.05, 0) is 31.8 Å². The van der Waals surface area contributed by atoms with Gasteiger partial charge in [-0.25, -0.2) is 0 Å². The predicted octanol–water partition coefficient (Wildman–Crippen LogP) is 3.15. The SMILES string of the molecule is CC.CCCC1CCN(CC)C1. The van der Waals surface area contributed by atoms with Crippen LogP contribution in [0.4, 0.5) is 0 Å². The highest BCUT2D eigenvalue weighted by Gasteiger charge is 2.19. The zero-order valence-electron chi connectivity index (χ0n) is 9.27. The van der Waals surface area contributed by atoms with Crippen LogP contribution in [0.25, 0.3) is 0 Å². The highest BCUT2D eigenvalue weighted by Crippen LogP contribution is 2.19. The lowest BCUT2D eigenvalue weighted by Crippen LogP contribution is -2.19. The molecular weight excluding hydrogens is 146 g/mol. The molecule has 0 amide bonds. The fraction of sp³-hybridized carbons (Fsp3) is 1.00. The second-order valence-electron chi connectivity index (χ2n) is 3.34. The summed E-state index contributed by atoms with van der Waals surface area (Å²) in [5.41, 5.74) is 0. The lowest BCUT2D eigenvalue weighted by Gasteiger charge is -2.11. The van der Waals surface area contributed by atoms with E-state index in [1.807, 2.05) is 13.8 Å². The number of hydrogen-bond donors (Lipinski definition) is 0. The minimum atomic E-state index is 1.02. The third-order valence-electron chi connectivity index (χ3n) is 2.51. The average molecular weight is 171 g/mol. The third-order valence-corrected chi connectivity index (χ3v) is 2.51. The van der Waals surface area contributed by atoms with Crippen LogP contribution in [-0.2, 0) is 0 Å². The molecule has 1 aliphatic rings. The fourth-order valence-corrected chi connectivity index (χ4v) is 1.84. The lowest BCUT2D eigenvalue weighted by atomic mass is 10.0. The van der Waals surface area contributed by atoms with Gasteiger partial charge in [0.25, 0.3) is 0 Å². The largest absolute Gasteiger partial charge is 0.303 e. The fourth-order valence-electron chi connectivity index (χ4n) is 1.84. The molecule has 1 fully saturated rings. The van der Waals surface area contributed by atoms with Gasteiger partial charge in [0.15, 0.2) is 0 Å². The molecule has 0 radical (unpaired) electrons. The summed E-state index contributed by atoms with van der Waals surface area (Å²) in [6, 6.07) is 0. The maximum absolute atomic E-state index is 2.56. The molecule has 0 saturated carbocycles. The maximum atomic E-state index is 2.56. The first kappa shape index (κ1) is 12.0. The highest BCUT2D eigenvalue weighted by molar-refractivity contribution is 4.73. The number of rotatable bonds is 3. The molecular formula is C11H25N. The Morgan fingerprint density at radius 3 is 2.33 bits per heavy atom.